The summed E-state index contributed by atoms with van der Waals surface area (Å²) in [6.45, 7) is 1.85. The summed E-state index contributed by atoms with van der Waals surface area (Å²) in [5, 5.41) is 11.0. The zero-order chi connectivity index (χ0) is 18.6. The van der Waals surface area contributed by atoms with Gasteiger partial charge < -0.3 is 14.6 Å². The number of nitrogens with zero attached hydrogens (tertiary/aromatic N) is 3. The Morgan fingerprint density at radius 3 is 2.58 bits per heavy atom. The standard InChI is InChI=1S/C17H20N4O2.CH2F2/c1-12(15(22)21-10-9-17(11-21)7-8-17)18-16-20-19-14(23-16)13-5-3-2-4-6-13;2-1-3/h2-6,12H,7-11H2,1H3,(H,18,20);1H2. The quantitative estimate of drug-likeness (QED) is 0.900. The highest BCUT2D eigenvalue weighted by molar-refractivity contribution is 5.84. The lowest BCUT2D eigenvalue weighted by molar-refractivity contribution is -0.130. The van der Waals surface area contributed by atoms with E-state index in [9.17, 15) is 13.6 Å². The van der Waals surface area contributed by atoms with Crippen LogP contribution in [0.15, 0.2) is 34.7 Å². The molecule has 1 saturated carbocycles. The number of anilines is 1. The van der Waals surface area contributed by atoms with Gasteiger partial charge in [-0.25, -0.2) is 8.78 Å². The summed E-state index contributed by atoms with van der Waals surface area (Å²) in [4.78, 5) is 14.5. The molecule has 0 bridgehead atoms. The Hall–Kier alpha value is -2.51. The molecule has 4 rings (SSSR count). The molecule has 2 aliphatic rings. The summed E-state index contributed by atoms with van der Waals surface area (Å²) >= 11 is 0. The maximum absolute atomic E-state index is 12.5. The summed E-state index contributed by atoms with van der Waals surface area (Å²) in [6.07, 6.45) is 3.68. The fraction of sp³-hybridized carbons (Fsp3) is 0.500. The number of carbonyl (C=O) groups is 1. The number of likely N-dealkylation sites (tertiary alicyclic amines) is 1. The zero-order valence-corrected chi connectivity index (χ0v) is 14.6. The summed E-state index contributed by atoms with van der Waals surface area (Å²) < 4.78 is 24.9. The fourth-order valence-electron chi connectivity index (χ4n) is 3.21. The van der Waals surface area contributed by atoms with E-state index < -0.39 is 6.93 Å². The van der Waals surface area contributed by atoms with Gasteiger partial charge in [0.25, 0.3) is 0 Å². The van der Waals surface area contributed by atoms with Gasteiger partial charge in [-0.05, 0) is 43.7 Å². The molecule has 1 amide bonds. The van der Waals surface area contributed by atoms with Gasteiger partial charge in [0, 0.05) is 18.7 Å². The minimum absolute atomic E-state index is 0.105. The summed E-state index contributed by atoms with van der Waals surface area (Å²) in [5.74, 6) is 0.555. The Morgan fingerprint density at radius 2 is 1.96 bits per heavy atom. The van der Waals surface area contributed by atoms with Gasteiger partial charge >= 0.3 is 6.01 Å². The number of nitrogens with one attached hydrogen (secondary N) is 1. The van der Waals surface area contributed by atoms with E-state index in [0.717, 1.165) is 25.1 Å². The first-order valence-electron chi connectivity index (χ1n) is 8.63. The molecule has 1 atom stereocenters. The molecule has 140 valence electrons. The van der Waals surface area contributed by atoms with Crippen LogP contribution < -0.4 is 5.32 Å². The monoisotopic (exact) mass is 364 g/mol. The van der Waals surface area contributed by atoms with Crippen LogP contribution in [0.25, 0.3) is 11.5 Å². The van der Waals surface area contributed by atoms with Crippen molar-refractivity contribution in [3.63, 3.8) is 0 Å². The van der Waals surface area contributed by atoms with Crippen molar-refractivity contribution in [2.75, 3.05) is 25.3 Å². The number of benzene rings is 1. The van der Waals surface area contributed by atoms with Gasteiger partial charge in [-0.15, -0.1) is 5.10 Å². The normalized spacial score (nSPS) is 18.2. The van der Waals surface area contributed by atoms with E-state index in [4.69, 9.17) is 4.42 Å². The zero-order valence-electron chi connectivity index (χ0n) is 14.6. The predicted octanol–water partition coefficient (Wildman–Crippen LogP) is 3.43. The van der Waals surface area contributed by atoms with Crippen molar-refractivity contribution < 1.29 is 18.0 Å². The van der Waals surface area contributed by atoms with Gasteiger partial charge in [0.2, 0.25) is 18.7 Å². The first-order chi connectivity index (χ1) is 12.6. The van der Waals surface area contributed by atoms with Crippen LogP contribution in [0.3, 0.4) is 0 Å². The van der Waals surface area contributed by atoms with Gasteiger partial charge in [0.05, 0.1) is 0 Å². The van der Waals surface area contributed by atoms with Crippen LogP contribution in [-0.2, 0) is 4.79 Å². The third kappa shape index (κ3) is 4.17. The fourth-order valence-corrected chi connectivity index (χ4v) is 3.21. The average molecular weight is 364 g/mol. The van der Waals surface area contributed by atoms with Crippen molar-refractivity contribution in [1.82, 2.24) is 15.1 Å². The molecule has 1 N–H and O–H groups in total. The molecular weight excluding hydrogens is 342 g/mol. The molecule has 0 radical (unpaired) electrons. The van der Waals surface area contributed by atoms with Gasteiger partial charge in [0.15, 0.2) is 0 Å². The molecule has 1 aromatic carbocycles. The minimum atomic E-state index is -1.75. The molecule has 2 heterocycles. The van der Waals surface area contributed by atoms with Crippen LogP contribution in [-0.4, -0.2) is 47.1 Å². The number of hydrogen-bond donors (Lipinski definition) is 1. The second-order valence-corrected chi connectivity index (χ2v) is 6.76. The van der Waals surface area contributed by atoms with Crippen molar-refractivity contribution in [3.8, 4) is 11.5 Å². The van der Waals surface area contributed by atoms with Crippen molar-refractivity contribution >= 4 is 11.9 Å². The van der Waals surface area contributed by atoms with Gasteiger partial charge in [-0.2, -0.15) is 0 Å². The number of aromatic nitrogens is 2. The Bertz CT molecular complexity index is 734. The highest BCUT2D eigenvalue weighted by Crippen LogP contribution is 2.52. The van der Waals surface area contributed by atoms with E-state index in [-0.39, 0.29) is 18.0 Å². The topological polar surface area (TPSA) is 71.3 Å². The molecule has 8 heteroatoms. The molecule has 2 aromatic rings. The third-order valence-electron chi connectivity index (χ3n) is 4.86. The molecule has 2 fully saturated rings. The highest BCUT2D eigenvalue weighted by Gasteiger charge is 2.49. The molecule has 26 heavy (non-hydrogen) atoms. The molecule has 1 aliphatic heterocycles. The number of halogens is 2. The SMILES string of the molecule is CC(Nc1nnc(-c2ccccc2)o1)C(=O)N1CCC2(CC2)C1.FCF. The third-order valence-corrected chi connectivity index (χ3v) is 4.86. The lowest BCUT2D eigenvalue weighted by atomic mass is 10.1. The Kier molecular flexibility index (Phi) is 5.49. The van der Waals surface area contributed by atoms with Crippen molar-refractivity contribution in [2.45, 2.75) is 32.2 Å². The first kappa shape index (κ1) is 18.3. The van der Waals surface area contributed by atoms with E-state index in [2.05, 4.69) is 15.5 Å². The number of rotatable bonds is 4. The van der Waals surface area contributed by atoms with Crippen molar-refractivity contribution in [3.05, 3.63) is 30.3 Å². The van der Waals surface area contributed by atoms with Crippen molar-refractivity contribution in [1.29, 1.82) is 0 Å². The molecule has 1 unspecified atom stereocenters. The van der Waals surface area contributed by atoms with Crippen LogP contribution in [0.1, 0.15) is 26.2 Å². The Balaban J connectivity index is 0.000000613. The second-order valence-electron chi connectivity index (χ2n) is 6.76. The van der Waals surface area contributed by atoms with E-state index in [1.54, 1.807) is 0 Å². The lowest BCUT2D eigenvalue weighted by Gasteiger charge is -2.21. The summed E-state index contributed by atoms with van der Waals surface area (Å²) in [6, 6.07) is 9.50. The van der Waals surface area contributed by atoms with Crippen LogP contribution >= 0.6 is 0 Å². The average Bonchev–Trinajstić information content (AvgIpc) is 3.05. The highest BCUT2D eigenvalue weighted by atomic mass is 19.3. The smallest absolute Gasteiger partial charge is 0.316 e. The minimum Gasteiger partial charge on any atom is -0.403 e. The summed E-state index contributed by atoms with van der Waals surface area (Å²) in [7, 11) is 0. The van der Waals surface area contributed by atoms with E-state index >= 15 is 0 Å². The number of hydrogen-bond acceptors (Lipinski definition) is 5. The second kappa shape index (κ2) is 7.80. The van der Waals surface area contributed by atoms with Gasteiger partial charge in [0.1, 0.15) is 6.04 Å². The molecule has 1 aliphatic carbocycles. The summed E-state index contributed by atoms with van der Waals surface area (Å²) in [5.41, 5.74) is 1.31. The van der Waals surface area contributed by atoms with E-state index in [1.165, 1.54) is 12.8 Å². The number of carbonyl (C=O) groups excluding carboxylic acids is 1. The first-order valence-corrected chi connectivity index (χ1v) is 8.63. The van der Waals surface area contributed by atoms with Crippen LogP contribution in [0, 0.1) is 5.41 Å². The van der Waals surface area contributed by atoms with Crippen LogP contribution in [0.4, 0.5) is 14.8 Å². The molecule has 6 nitrogen and oxygen atoms in total. The predicted molar refractivity (Wildman–Crippen MR) is 92.8 cm³/mol. The van der Waals surface area contributed by atoms with Gasteiger partial charge in [-0.3, -0.25) is 4.79 Å². The Labute approximate surface area is 150 Å². The molecule has 1 saturated heterocycles. The molecular formula is C18H22F2N4O2. The van der Waals surface area contributed by atoms with Crippen LogP contribution in [0.5, 0.6) is 0 Å². The van der Waals surface area contributed by atoms with Crippen molar-refractivity contribution in [2.24, 2.45) is 5.41 Å². The van der Waals surface area contributed by atoms with E-state index in [0.29, 0.717) is 11.3 Å². The molecule has 1 spiro atoms. The number of alkyl halides is 2. The lowest BCUT2D eigenvalue weighted by Crippen LogP contribution is -2.40. The van der Waals surface area contributed by atoms with Crippen LogP contribution in [0.2, 0.25) is 0 Å². The van der Waals surface area contributed by atoms with E-state index in [1.807, 2.05) is 42.2 Å². The molecule has 1 aromatic heterocycles. The number of amides is 1. The van der Waals surface area contributed by atoms with Gasteiger partial charge in [-0.1, -0.05) is 23.3 Å². The Morgan fingerprint density at radius 1 is 1.27 bits per heavy atom. The maximum Gasteiger partial charge on any atom is 0.316 e. The largest absolute Gasteiger partial charge is 0.403 e. The maximum atomic E-state index is 12.5.